The molecule has 0 atom stereocenters. The van der Waals surface area contributed by atoms with Gasteiger partial charge >= 0.3 is 0 Å². The van der Waals surface area contributed by atoms with Gasteiger partial charge in [-0.05, 0) is 67.9 Å². The lowest BCUT2D eigenvalue weighted by Gasteiger charge is -2.22. The molecule has 0 unspecified atom stereocenters. The van der Waals surface area contributed by atoms with Crippen LogP contribution in [0, 0.1) is 13.8 Å². The molecule has 0 heterocycles. The van der Waals surface area contributed by atoms with Crippen LogP contribution in [0.1, 0.15) is 33.7 Å². The van der Waals surface area contributed by atoms with Gasteiger partial charge in [-0.25, -0.2) is 0 Å². The Morgan fingerprint density at radius 2 is 1.08 bits per heavy atom. The summed E-state index contributed by atoms with van der Waals surface area (Å²) < 4.78 is 0. The number of phenolic OH excluding ortho intramolecular Hbond substituents is 1. The molecule has 0 saturated carbocycles. The lowest BCUT2D eigenvalue weighted by atomic mass is 9.81. The molecule has 0 saturated heterocycles. The summed E-state index contributed by atoms with van der Waals surface area (Å²) in [5.41, 5.74) is 6.37. The van der Waals surface area contributed by atoms with Crippen molar-refractivity contribution in [2.45, 2.75) is 19.8 Å². The molecule has 0 spiro atoms. The molecular formula is C23H27NO. The number of benzene rings is 3. The number of aromatic hydroxyl groups is 1. The molecule has 130 valence electrons. The minimum absolute atomic E-state index is 0.183. The molecular weight excluding hydrogens is 306 g/mol. The third kappa shape index (κ3) is 4.71. The fourth-order valence-corrected chi connectivity index (χ4v) is 3.01. The topological polar surface area (TPSA) is 32.3 Å². The van der Waals surface area contributed by atoms with Crippen LogP contribution in [0.15, 0.2) is 72.8 Å². The van der Waals surface area contributed by atoms with Gasteiger partial charge in [-0.1, -0.05) is 60.7 Å². The van der Waals surface area contributed by atoms with Crippen molar-refractivity contribution < 1.29 is 5.11 Å². The molecule has 0 aliphatic heterocycles. The van der Waals surface area contributed by atoms with Crippen molar-refractivity contribution in [1.82, 2.24) is 5.32 Å². The van der Waals surface area contributed by atoms with Gasteiger partial charge < -0.3 is 10.4 Å². The fourth-order valence-electron chi connectivity index (χ4n) is 3.01. The van der Waals surface area contributed by atoms with E-state index < -0.39 is 0 Å². The smallest absolute Gasteiger partial charge is 0.115 e. The molecule has 3 rings (SSSR count). The number of aryl methyl sites for hydroxylation is 2. The Hall–Kier alpha value is -2.58. The first kappa shape index (κ1) is 18.8. The first-order chi connectivity index (χ1) is 12.1. The highest BCUT2D eigenvalue weighted by molar-refractivity contribution is 5.49. The molecule has 3 aromatic rings. The number of phenols is 1. The Morgan fingerprint density at radius 3 is 1.48 bits per heavy atom. The maximum Gasteiger partial charge on any atom is 0.115 e. The summed E-state index contributed by atoms with van der Waals surface area (Å²) >= 11 is 0. The first-order valence-electron chi connectivity index (χ1n) is 8.57. The third-order valence-electron chi connectivity index (χ3n) is 4.23. The molecule has 2 N–H and O–H groups in total. The Bertz CT molecular complexity index is 748. The van der Waals surface area contributed by atoms with Crippen LogP contribution in [0.2, 0.25) is 0 Å². The Labute approximate surface area is 151 Å². The van der Waals surface area contributed by atoms with Gasteiger partial charge in [-0.3, -0.25) is 0 Å². The van der Waals surface area contributed by atoms with Crippen LogP contribution in [-0.4, -0.2) is 19.2 Å². The van der Waals surface area contributed by atoms with Crippen LogP contribution in [0.25, 0.3) is 0 Å². The fraction of sp³-hybridized carbons (Fsp3) is 0.217. The monoisotopic (exact) mass is 333 g/mol. The lowest BCUT2D eigenvalue weighted by molar-refractivity contribution is 0.475. The second kappa shape index (κ2) is 9.05. The molecule has 3 aromatic carbocycles. The Balaban J connectivity index is 0.000000701. The number of hydrogen-bond donors (Lipinski definition) is 2. The van der Waals surface area contributed by atoms with Crippen molar-refractivity contribution in [3.63, 3.8) is 0 Å². The second-order valence-corrected chi connectivity index (χ2v) is 6.24. The zero-order valence-corrected chi connectivity index (χ0v) is 15.5. The molecule has 0 aromatic heterocycles. The van der Waals surface area contributed by atoms with Crippen LogP contribution < -0.4 is 5.32 Å². The van der Waals surface area contributed by atoms with Gasteiger partial charge in [0.1, 0.15) is 5.75 Å². The molecule has 2 nitrogen and oxygen atoms in total. The van der Waals surface area contributed by atoms with E-state index in [-0.39, 0.29) is 5.92 Å². The third-order valence-corrected chi connectivity index (χ3v) is 4.23. The van der Waals surface area contributed by atoms with Crippen molar-refractivity contribution in [3.05, 3.63) is 101 Å². The van der Waals surface area contributed by atoms with E-state index in [4.69, 9.17) is 0 Å². The van der Waals surface area contributed by atoms with E-state index in [0.29, 0.717) is 5.75 Å². The highest BCUT2D eigenvalue weighted by Gasteiger charge is 2.19. The summed E-state index contributed by atoms with van der Waals surface area (Å²) in [6.07, 6.45) is 0. The average molecular weight is 333 g/mol. The minimum atomic E-state index is 0.183. The molecule has 0 radical (unpaired) electrons. The van der Waals surface area contributed by atoms with E-state index in [1.54, 1.807) is 12.1 Å². The predicted molar refractivity (Wildman–Crippen MR) is 106 cm³/mol. The van der Waals surface area contributed by atoms with Gasteiger partial charge in [0, 0.05) is 5.92 Å². The highest BCUT2D eigenvalue weighted by atomic mass is 16.3. The van der Waals surface area contributed by atoms with Crippen LogP contribution in [0.5, 0.6) is 5.75 Å². The van der Waals surface area contributed by atoms with Crippen molar-refractivity contribution in [3.8, 4) is 5.75 Å². The summed E-state index contributed by atoms with van der Waals surface area (Å²) in [4.78, 5) is 0. The minimum Gasteiger partial charge on any atom is -0.508 e. The molecule has 0 bridgehead atoms. The van der Waals surface area contributed by atoms with Crippen molar-refractivity contribution in [2.24, 2.45) is 0 Å². The van der Waals surface area contributed by atoms with Gasteiger partial charge in [0.25, 0.3) is 0 Å². The van der Waals surface area contributed by atoms with Gasteiger partial charge in [-0.2, -0.15) is 0 Å². The van der Waals surface area contributed by atoms with E-state index in [0.717, 1.165) is 0 Å². The first-order valence-corrected chi connectivity index (χ1v) is 8.57. The van der Waals surface area contributed by atoms with Crippen LogP contribution >= 0.6 is 0 Å². The standard InChI is InChI=1S/C21H20O.C2H7N/c1-15-7-3-5-9-19(15)21(17-11-13-18(22)14-12-17)20-10-6-4-8-16(20)2;1-3-2/h3-14,21-22H,1-2H3;3H,1-2H3. The van der Waals surface area contributed by atoms with E-state index in [9.17, 15) is 5.11 Å². The maximum absolute atomic E-state index is 9.59. The second-order valence-electron chi connectivity index (χ2n) is 6.24. The van der Waals surface area contributed by atoms with Crippen molar-refractivity contribution >= 4 is 0 Å². The summed E-state index contributed by atoms with van der Waals surface area (Å²) in [5, 5.41) is 12.3. The molecule has 0 aliphatic rings. The Kier molecular flexibility index (Phi) is 6.79. The Morgan fingerprint density at radius 1 is 0.680 bits per heavy atom. The summed E-state index contributed by atoms with van der Waals surface area (Å²) in [6.45, 7) is 4.31. The van der Waals surface area contributed by atoms with E-state index in [2.05, 4.69) is 67.7 Å². The summed E-state index contributed by atoms with van der Waals surface area (Å²) in [6, 6.07) is 24.6. The maximum atomic E-state index is 9.59. The van der Waals surface area contributed by atoms with Crippen LogP contribution in [0.4, 0.5) is 0 Å². The number of nitrogens with one attached hydrogen (secondary N) is 1. The van der Waals surface area contributed by atoms with Gasteiger partial charge in [0.15, 0.2) is 0 Å². The van der Waals surface area contributed by atoms with E-state index in [1.165, 1.54) is 27.8 Å². The zero-order chi connectivity index (χ0) is 18.2. The largest absolute Gasteiger partial charge is 0.508 e. The molecule has 0 fully saturated rings. The normalized spacial score (nSPS) is 10.3. The molecule has 2 heteroatoms. The van der Waals surface area contributed by atoms with Crippen LogP contribution in [0.3, 0.4) is 0 Å². The zero-order valence-electron chi connectivity index (χ0n) is 15.5. The van der Waals surface area contributed by atoms with Crippen molar-refractivity contribution in [1.29, 1.82) is 0 Å². The molecule has 25 heavy (non-hydrogen) atoms. The van der Waals surface area contributed by atoms with E-state index in [1.807, 2.05) is 26.2 Å². The average Bonchev–Trinajstić information content (AvgIpc) is 2.61. The van der Waals surface area contributed by atoms with Crippen molar-refractivity contribution in [2.75, 3.05) is 14.1 Å². The summed E-state index contributed by atoms with van der Waals surface area (Å²) in [5.74, 6) is 0.486. The van der Waals surface area contributed by atoms with Gasteiger partial charge in [0.2, 0.25) is 0 Å². The highest BCUT2D eigenvalue weighted by Crippen LogP contribution is 2.35. The predicted octanol–water partition coefficient (Wildman–Crippen LogP) is 5.02. The van der Waals surface area contributed by atoms with Crippen LogP contribution in [-0.2, 0) is 0 Å². The lowest BCUT2D eigenvalue weighted by Crippen LogP contribution is -2.06. The van der Waals surface area contributed by atoms with Gasteiger partial charge in [-0.15, -0.1) is 0 Å². The molecule has 0 aliphatic carbocycles. The molecule has 0 amide bonds. The van der Waals surface area contributed by atoms with E-state index >= 15 is 0 Å². The van der Waals surface area contributed by atoms with Gasteiger partial charge in [0.05, 0.1) is 0 Å². The SMILES string of the molecule is CNC.Cc1ccccc1C(c1ccc(O)cc1)c1ccccc1C. The quantitative estimate of drug-likeness (QED) is 0.659. The summed E-state index contributed by atoms with van der Waals surface area (Å²) in [7, 11) is 3.75. The number of hydrogen-bond acceptors (Lipinski definition) is 2. The number of rotatable bonds is 3.